The first-order valence-corrected chi connectivity index (χ1v) is 5.76. The predicted octanol–water partition coefficient (Wildman–Crippen LogP) is 2.16. The van der Waals surface area contributed by atoms with Gasteiger partial charge in [-0.2, -0.15) is 0 Å². The Morgan fingerprint density at radius 1 is 1.29 bits per heavy atom. The minimum Gasteiger partial charge on any atom is -0.373 e. The van der Waals surface area contributed by atoms with Gasteiger partial charge in [0, 0.05) is 12.7 Å². The molecule has 17 heavy (non-hydrogen) atoms. The number of nitrogens with one attached hydrogen (secondary N) is 1. The second-order valence-electron chi connectivity index (χ2n) is 3.82. The summed E-state index contributed by atoms with van der Waals surface area (Å²) in [5.41, 5.74) is 0.667. The van der Waals surface area contributed by atoms with Crippen LogP contribution in [0.1, 0.15) is 6.42 Å². The van der Waals surface area contributed by atoms with Crippen molar-refractivity contribution in [2.45, 2.75) is 12.5 Å². The number of carbonyl (C=O) groups excluding carboxylic acids is 2. The molecule has 1 heterocycles. The number of anilines is 1. The molecule has 0 aliphatic carbocycles. The summed E-state index contributed by atoms with van der Waals surface area (Å²) in [4.78, 5) is 24.1. The number of halogens is 2. The van der Waals surface area contributed by atoms with E-state index in [1.165, 1.54) is 7.05 Å². The summed E-state index contributed by atoms with van der Waals surface area (Å²) in [5.74, 6) is -0.423. The van der Waals surface area contributed by atoms with E-state index in [-0.39, 0.29) is 18.2 Å². The van der Waals surface area contributed by atoms with Crippen molar-refractivity contribution in [3.05, 3.63) is 28.2 Å². The molecule has 1 unspecified atom stereocenters. The van der Waals surface area contributed by atoms with Crippen LogP contribution in [0.3, 0.4) is 0 Å². The van der Waals surface area contributed by atoms with Crippen LogP contribution in [0, 0.1) is 0 Å². The van der Waals surface area contributed by atoms with Gasteiger partial charge in [-0.15, -0.1) is 0 Å². The summed E-state index contributed by atoms with van der Waals surface area (Å²) in [6, 6.07) is 4.45. The molecule has 1 fully saturated rings. The zero-order chi connectivity index (χ0) is 12.6. The Hall–Kier alpha value is -1.26. The van der Waals surface area contributed by atoms with Crippen molar-refractivity contribution in [3.8, 4) is 0 Å². The van der Waals surface area contributed by atoms with Gasteiger partial charge in [0.2, 0.25) is 5.91 Å². The van der Waals surface area contributed by atoms with E-state index in [4.69, 9.17) is 23.2 Å². The molecule has 90 valence electrons. The van der Waals surface area contributed by atoms with Crippen LogP contribution in [0.4, 0.5) is 5.69 Å². The minimum atomic E-state index is -0.523. The number of rotatable bonds is 2. The lowest BCUT2D eigenvalue weighted by atomic mass is 10.2. The van der Waals surface area contributed by atoms with Crippen molar-refractivity contribution in [2.24, 2.45) is 0 Å². The number of amides is 2. The highest BCUT2D eigenvalue weighted by Gasteiger charge is 2.35. The number of hydrogen-bond acceptors (Lipinski definition) is 3. The van der Waals surface area contributed by atoms with E-state index in [9.17, 15) is 9.59 Å². The van der Waals surface area contributed by atoms with E-state index >= 15 is 0 Å². The lowest BCUT2D eigenvalue weighted by Crippen LogP contribution is -2.31. The van der Waals surface area contributed by atoms with Gasteiger partial charge in [0.1, 0.15) is 6.04 Å². The molecule has 1 N–H and O–H groups in total. The normalized spacial score (nSPS) is 19.9. The minimum absolute atomic E-state index is 0.162. The maximum atomic E-state index is 11.7. The van der Waals surface area contributed by atoms with Gasteiger partial charge < -0.3 is 5.32 Å². The Morgan fingerprint density at radius 2 is 2.00 bits per heavy atom. The number of carbonyl (C=O) groups is 2. The third-order valence-corrected chi connectivity index (χ3v) is 3.38. The van der Waals surface area contributed by atoms with Crippen molar-refractivity contribution in [1.82, 2.24) is 4.90 Å². The molecule has 1 aliphatic rings. The zero-order valence-electron chi connectivity index (χ0n) is 9.04. The van der Waals surface area contributed by atoms with Crippen LogP contribution in [0.25, 0.3) is 0 Å². The van der Waals surface area contributed by atoms with E-state index in [0.29, 0.717) is 15.7 Å². The summed E-state index contributed by atoms with van der Waals surface area (Å²) in [5, 5.41) is 3.82. The Kier molecular flexibility index (Phi) is 3.26. The number of imide groups is 1. The van der Waals surface area contributed by atoms with Gasteiger partial charge in [0.25, 0.3) is 5.91 Å². The largest absolute Gasteiger partial charge is 0.373 e. The fraction of sp³-hybridized carbons (Fsp3) is 0.273. The van der Waals surface area contributed by atoms with E-state index in [1.807, 2.05) is 0 Å². The maximum absolute atomic E-state index is 11.7. The van der Waals surface area contributed by atoms with E-state index in [2.05, 4.69) is 5.32 Å². The molecule has 1 atom stereocenters. The fourth-order valence-electron chi connectivity index (χ4n) is 1.66. The summed E-state index contributed by atoms with van der Waals surface area (Å²) >= 11 is 11.6. The Balaban J connectivity index is 2.14. The summed E-state index contributed by atoms with van der Waals surface area (Å²) in [7, 11) is 1.47. The summed E-state index contributed by atoms with van der Waals surface area (Å²) in [6.07, 6.45) is 0.162. The average Bonchev–Trinajstić information content (AvgIpc) is 2.52. The third-order valence-electron chi connectivity index (χ3n) is 2.64. The van der Waals surface area contributed by atoms with Crippen LogP contribution in [-0.4, -0.2) is 29.8 Å². The second-order valence-corrected chi connectivity index (χ2v) is 4.64. The molecular weight excluding hydrogens is 263 g/mol. The highest BCUT2D eigenvalue weighted by molar-refractivity contribution is 6.42. The zero-order valence-corrected chi connectivity index (χ0v) is 10.5. The van der Waals surface area contributed by atoms with Gasteiger partial charge in [-0.05, 0) is 18.2 Å². The Bertz CT molecular complexity index is 490. The van der Waals surface area contributed by atoms with E-state index < -0.39 is 6.04 Å². The second kappa shape index (κ2) is 4.55. The number of likely N-dealkylation sites (tertiary alicyclic amines) is 1. The van der Waals surface area contributed by atoms with Crippen molar-refractivity contribution in [2.75, 3.05) is 12.4 Å². The Labute approximate surface area is 108 Å². The van der Waals surface area contributed by atoms with Gasteiger partial charge >= 0.3 is 0 Å². The molecule has 0 spiro atoms. The van der Waals surface area contributed by atoms with Crippen LogP contribution in [0.2, 0.25) is 10.0 Å². The molecule has 2 rings (SSSR count). The lowest BCUT2D eigenvalue weighted by molar-refractivity contribution is -0.136. The van der Waals surface area contributed by atoms with E-state index in [1.54, 1.807) is 18.2 Å². The molecular formula is C11H10Cl2N2O2. The number of benzene rings is 1. The third kappa shape index (κ3) is 2.37. The van der Waals surface area contributed by atoms with Crippen LogP contribution in [-0.2, 0) is 9.59 Å². The molecule has 1 aromatic rings. The number of hydrogen-bond donors (Lipinski definition) is 1. The van der Waals surface area contributed by atoms with Crippen molar-refractivity contribution in [3.63, 3.8) is 0 Å². The van der Waals surface area contributed by atoms with Crippen molar-refractivity contribution in [1.29, 1.82) is 0 Å². The summed E-state index contributed by atoms with van der Waals surface area (Å²) in [6.45, 7) is 0. The van der Waals surface area contributed by atoms with Crippen LogP contribution >= 0.6 is 23.2 Å². The average molecular weight is 273 g/mol. The first-order valence-electron chi connectivity index (χ1n) is 5.01. The molecule has 0 aromatic heterocycles. The van der Waals surface area contributed by atoms with E-state index in [0.717, 1.165) is 4.90 Å². The molecule has 6 heteroatoms. The van der Waals surface area contributed by atoms with Gasteiger partial charge in [0.15, 0.2) is 0 Å². The van der Waals surface area contributed by atoms with Crippen molar-refractivity contribution < 1.29 is 9.59 Å². The molecule has 1 aromatic carbocycles. The van der Waals surface area contributed by atoms with Gasteiger partial charge in [-0.25, -0.2) is 0 Å². The van der Waals surface area contributed by atoms with Gasteiger partial charge in [-0.3, -0.25) is 14.5 Å². The summed E-state index contributed by atoms with van der Waals surface area (Å²) < 4.78 is 0. The quantitative estimate of drug-likeness (QED) is 0.840. The van der Waals surface area contributed by atoms with Crippen LogP contribution in [0.5, 0.6) is 0 Å². The molecule has 1 aliphatic heterocycles. The fourth-order valence-corrected chi connectivity index (χ4v) is 1.95. The molecule has 0 bridgehead atoms. The Morgan fingerprint density at radius 3 is 2.53 bits per heavy atom. The lowest BCUT2D eigenvalue weighted by Gasteiger charge is -2.12. The molecule has 4 nitrogen and oxygen atoms in total. The smallest absolute Gasteiger partial charge is 0.251 e. The van der Waals surface area contributed by atoms with Gasteiger partial charge in [0.05, 0.1) is 16.5 Å². The topological polar surface area (TPSA) is 49.4 Å². The standard InChI is InChI=1S/C11H10Cl2N2O2/c1-15-10(16)5-9(11(15)17)14-6-2-3-7(12)8(13)4-6/h2-4,9,14H,5H2,1H3. The maximum Gasteiger partial charge on any atom is 0.251 e. The number of likely N-dealkylation sites (N-methyl/N-ethyl adjacent to an activating group) is 1. The SMILES string of the molecule is CN1C(=O)CC(Nc2ccc(Cl)c(Cl)c2)C1=O. The van der Waals surface area contributed by atoms with Crippen LogP contribution < -0.4 is 5.32 Å². The molecule has 0 radical (unpaired) electrons. The highest BCUT2D eigenvalue weighted by atomic mass is 35.5. The van der Waals surface area contributed by atoms with Gasteiger partial charge in [-0.1, -0.05) is 23.2 Å². The van der Waals surface area contributed by atoms with Crippen molar-refractivity contribution >= 4 is 40.7 Å². The monoisotopic (exact) mass is 272 g/mol. The predicted molar refractivity (Wildman–Crippen MR) is 66.3 cm³/mol. The van der Waals surface area contributed by atoms with Crippen LogP contribution in [0.15, 0.2) is 18.2 Å². The first-order chi connectivity index (χ1) is 7.99. The molecule has 0 saturated carbocycles. The molecule has 1 saturated heterocycles. The first kappa shape index (κ1) is 12.2. The molecule has 2 amide bonds. The number of nitrogens with zero attached hydrogens (tertiary/aromatic N) is 1. The highest BCUT2D eigenvalue weighted by Crippen LogP contribution is 2.26.